The van der Waals surface area contributed by atoms with Gasteiger partial charge < -0.3 is 14.5 Å². The first-order valence-corrected chi connectivity index (χ1v) is 8.86. The second-order valence-corrected chi connectivity index (χ2v) is 7.19. The first kappa shape index (κ1) is 17.4. The largest absolute Gasteiger partial charge is 0.345 e. The van der Waals surface area contributed by atoms with E-state index >= 15 is 0 Å². The Balaban J connectivity index is 1.62. The average molecular weight is 343 g/mol. The molecule has 0 aliphatic carbocycles. The summed E-state index contributed by atoms with van der Waals surface area (Å²) in [6, 6.07) is 1.72. The van der Waals surface area contributed by atoms with Crippen molar-refractivity contribution >= 4 is 5.91 Å². The highest BCUT2D eigenvalue weighted by molar-refractivity contribution is 5.92. The highest BCUT2D eigenvalue weighted by Crippen LogP contribution is 2.20. The number of H-pyrrole nitrogens is 1. The summed E-state index contributed by atoms with van der Waals surface area (Å²) in [5.41, 5.74) is 0.581. The third-order valence-electron chi connectivity index (χ3n) is 4.58. The molecule has 2 aromatic heterocycles. The lowest BCUT2D eigenvalue weighted by molar-refractivity contribution is 0.0676. The molecule has 0 bridgehead atoms. The summed E-state index contributed by atoms with van der Waals surface area (Å²) in [7, 11) is 0. The molecule has 0 aromatic carbocycles. The quantitative estimate of drug-likeness (QED) is 0.896. The van der Waals surface area contributed by atoms with Crippen LogP contribution in [-0.4, -0.2) is 43.4 Å². The van der Waals surface area contributed by atoms with E-state index in [9.17, 15) is 9.59 Å². The number of amides is 1. The van der Waals surface area contributed by atoms with Gasteiger partial charge in [0.15, 0.2) is 0 Å². The third-order valence-corrected chi connectivity index (χ3v) is 4.58. The number of hydrogen-bond acceptors (Lipinski definition) is 4. The second kappa shape index (κ2) is 7.63. The summed E-state index contributed by atoms with van der Waals surface area (Å²) in [4.78, 5) is 37.0. The van der Waals surface area contributed by atoms with Gasteiger partial charge in [0.05, 0.1) is 6.33 Å². The van der Waals surface area contributed by atoms with Crippen molar-refractivity contribution in [2.45, 2.75) is 39.7 Å². The number of carbonyl (C=O) groups is 1. The van der Waals surface area contributed by atoms with Crippen molar-refractivity contribution in [3.63, 3.8) is 0 Å². The molecule has 1 aliphatic heterocycles. The minimum Gasteiger partial charge on any atom is -0.337 e. The number of rotatable bonds is 5. The monoisotopic (exact) mass is 343 g/mol. The Kier molecular flexibility index (Phi) is 5.31. The molecule has 7 nitrogen and oxygen atoms in total. The topological polar surface area (TPSA) is 83.9 Å². The van der Waals surface area contributed by atoms with Gasteiger partial charge in [-0.1, -0.05) is 13.8 Å². The SMILES string of the molecule is CC(C)Cc1cc(C(=O)N2CCC(Cn3ccnc3)CC2)nc(=O)[nH]1. The van der Waals surface area contributed by atoms with Crippen molar-refractivity contribution in [3.8, 4) is 0 Å². The average Bonchev–Trinajstić information content (AvgIpc) is 3.07. The van der Waals surface area contributed by atoms with E-state index in [-0.39, 0.29) is 11.6 Å². The zero-order valence-corrected chi connectivity index (χ0v) is 14.8. The molecule has 134 valence electrons. The van der Waals surface area contributed by atoms with E-state index in [0.717, 1.165) is 31.5 Å². The van der Waals surface area contributed by atoms with Gasteiger partial charge in [-0.05, 0) is 37.2 Å². The Bertz CT molecular complexity index is 758. The number of aromatic amines is 1. The summed E-state index contributed by atoms with van der Waals surface area (Å²) in [5.74, 6) is 0.805. The number of nitrogens with one attached hydrogen (secondary N) is 1. The normalized spacial score (nSPS) is 15.7. The predicted molar refractivity (Wildman–Crippen MR) is 94.3 cm³/mol. The molecule has 2 aromatic rings. The standard InChI is InChI=1S/C18H25N5O2/c1-13(2)9-15-10-16(21-18(25)20-15)17(24)23-6-3-14(4-7-23)11-22-8-5-19-12-22/h5,8,10,12-14H,3-4,6-7,9,11H2,1-2H3,(H,20,21,25). The van der Waals surface area contributed by atoms with Gasteiger partial charge in [0.2, 0.25) is 0 Å². The van der Waals surface area contributed by atoms with Crippen LogP contribution in [0.25, 0.3) is 0 Å². The lowest BCUT2D eigenvalue weighted by Crippen LogP contribution is -2.40. The van der Waals surface area contributed by atoms with Crippen LogP contribution in [0.2, 0.25) is 0 Å². The minimum atomic E-state index is -0.448. The summed E-state index contributed by atoms with van der Waals surface area (Å²) in [5, 5.41) is 0. The fourth-order valence-corrected chi connectivity index (χ4v) is 3.34. The molecule has 1 fully saturated rings. The smallest absolute Gasteiger partial charge is 0.337 e. The minimum absolute atomic E-state index is 0.141. The predicted octanol–water partition coefficient (Wildman–Crippen LogP) is 1.72. The van der Waals surface area contributed by atoms with Crippen LogP contribution in [0, 0.1) is 11.8 Å². The van der Waals surface area contributed by atoms with Crippen LogP contribution in [0.15, 0.2) is 29.6 Å². The second-order valence-electron chi connectivity index (χ2n) is 7.19. The number of hydrogen-bond donors (Lipinski definition) is 1. The molecule has 0 atom stereocenters. The summed E-state index contributed by atoms with van der Waals surface area (Å²) in [6.07, 6.45) is 8.21. The van der Waals surface area contributed by atoms with E-state index < -0.39 is 5.69 Å². The molecule has 7 heteroatoms. The number of imidazole rings is 1. The Morgan fingerprint density at radius 1 is 1.36 bits per heavy atom. The number of aromatic nitrogens is 4. The summed E-state index contributed by atoms with van der Waals surface area (Å²) in [6.45, 7) is 6.48. The lowest BCUT2D eigenvalue weighted by Gasteiger charge is -2.32. The molecule has 25 heavy (non-hydrogen) atoms. The molecule has 1 N–H and O–H groups in total. The van der Waals surface area contributed by atoms with E-state index in [1.807, 2.05) is 17.4 Å². The highest BCUT2D eigenvalue weighted by atomic mass is 16.2. The van der Waals surface area contributed by atoms with Crippen LogP contribution in [0.4, 0.5) is 0 Å². The fraction of sp³-hybridized carbons (Fsp3) is 0.556. The lowest BCUT2D eigenvalue weighted by atomic mass is 9.96. The van der Waals surface area contributed by atoms with Crippen molar-refractivity contribution < 1.29 is 4.79 Å². The van der Waals surface area contributed by atoms with Gasteiger partial charge in [-0.3, -0.25) is 4.79 Å². The van der Waals surface area contributed by atoms with Crippen LogP contribution < -0.4 is 5.69 Å². The zero-order valence-electron chi connectivity index (χ0n) is 14.8. The molecular weight excluding hydrogens is 318 g/mol. The van der Waals surface area contributed by atoms with Crippen LogP contribution in [0.5, 0.6) is 0 Å². The molecule has 1 amide bonds. The molecule has 3 heterocycles. The first-order chi connectivity index (χ1) is 12.0. The van der Waals surface area contributed by atoms with Crippen molar-refractivity contribution in [2.24, 2.45) is 11.8 Å². The Labute approximate surface area is 147 Å². The van der Waals surface area contributed by atoms with Crippen molar-refractivity contribution in [2.75, 3.05) is 13.1 Å². The maximum atomic E-state index is 12.7. The highest BCUT2D eigenvalue weighted by Gasteiger charge is 2.25. The van der Waals surface area contributed by atoms with Gasteiger partial charge >= 0.3 is 5.69 Å². The molecule has 1 saturated heterocycles. The Morgan fingerprint density at radius 2 is 2.12 bits per heavy atom. The number of likely N-dealkylation sites (tertiary alicyclic amines) is 1. The van der Waals surface area contributed by atoms with E-state index in [1.165, 1.54) is 0 Å². The van der Waals surface area contributed by atoms with Crippen molar-refractivity contribution in [1.82, 2.24) is 24.4 Å². The van der Waals surface area contributed by atoms with E-state index in [2.05, 4.69) is 33.4 Å². The summed E-state index contributed by atoms with van der Waals surface area (Å²) >= 11 is 0. The molecule has 0 unspecified atom stereocenters. The maximum Gasteiger partial charge on any atom is 0.345 e. The number of nitrogens with zero attached hydrogens (tertiary/aromatic N) is 4. The van der Waals surface area contributed by atoms with Gasteiger partial charge in [0.25, 0.3) is 5.91 Å². The van der Waals surface area contributed by atoms with Gasteiger partial charge in [-0.15, -0.1) is 0 Å². The van der Waals surface area contributed by atoms with Crippen LogP contribution in [0.1, 0.15) is 42.9 Å². The van der Waals surface area contributed by atoms with E-state index in [1.54, 1.807) is 12.3 Å². The van der Waals surface area contributed by atoms with Crippen LogP contribution >= 0.6 is 0 Å². The third kappa shape index (κ3) is 4.55. The fourth-order valence-electron chi connectivity index (χ4n) is 3.34. The molecule has 1 aliphatic rings. The molecule has 0 saturated carbocycles. The molecular formula is C18H25N5O2. The summed E-state index contributed by atoms with van der Waals surface area (Å²) < 4.78 is 2.08. The number of carbonyl (C=O) groups excluding carboxylic acids is 1. The van der Waals surface area contributed by atoms with Gasteiger partial charge in [-0.25, -0.2) is 9.78 Å². The van der Waals surface area contributed by atoms with Crippen molar-refractivity contribution in [1.29, 1.82) is 0 Å². The zero-order chi connectivity index (χ0) is 17.8. The van der Waals surface area contributed by atoms with E-state index in [0.29, 0.717) is 24.9 Å². The molecule has 0 radical (unpaired) electrons. The van der Waals surface area contributed by atoms with E-state index in [4.69, 9.17) is 0 Å². The molecule has 0 spiro atoms. The Morgan fingerprint density at radius 3 is 2.76 bits per heavy atom. The maximum absolute atomic E-state index is 12.7. The first-order valence-electron chi connectivity index (χ1n) is 8.86. The van der Waals surface area contributed by atoms with Crippen LogP contribution in [0.3, 0.4) is 0 Å². The van der Waals surface area contributed by atoms with Gasteiger partial charge in [-0.2, -0.15) is 4.98 Å². The van der Waals surface area contributed by atoms with Crippen molar-refractivity contribution in [3.05, 3.63) is 46.7 Å². The van der Waals surface area contributed by atoms with Gasteiger partial charge in [0.1, 0.15) is 5.69 Å². The molecule has 3 rings (SSSR count). The van der Waals surface area contributed by atoms with Gasteiger partial charge in [0, 0.05) is 37.7 Å². The van der Waals surface area contributed by atoms with Crippen LogP contribution in [-0.2, 0) is 13.0 Å². The number of piperidine rings is 1. The Hall–Kier alpha value is -2.44.